The molecule has 138 valence electrons. The fourth-order valence-electron chi connectivity index (χ4n) is 2.80. The highest BCUT2D eigenvalue weighted by Crippen LogP contribution is 2.17. The Balaban J connectivity index is 2.11. The molecule has 1 heterocycles. The molecular formula is C19H18N4O4. The van der Waals surface area contributed by atoms with E-state index < -0.39 is 29.5 Å². The van der Waals surface area contributed by atoms with Crippen LogP contribution >= 0.6 is 0 Å². The maximum atomic E-state index is 12.9. The Morgan fingerprint density at radius 1 is 1.11 bits per heavy atom. The monoisotopic (exact) mass is 366 g/mol. The van der Waals surface area contributed by atoms with Crippen molar-refractivity contribution in [1.82, 2.24) is 20.3 Å². The molecule has 2 unspecified atom stereocenters. The smallest absolute Gasteiger partial charge is 0.326 e. The lowest BCUT2D eigenvalue weighted by Gasteiger charge is -2.20. The van der Waals surface area contributed by atoms with Crippen molar-refractivity contribution in [2.45, 2.75) is 25.4 Å². The summed E-state index contributed by atoms with van der Waals surface area (Å²) in [6.45, 7) is 1.65. The second-order valence-corrected chi connectivity index (χ2v) is 5.98. The number of carbonyl (C=O) groups is 2. The van der Waals surface area contributed by atoms with Gasteiger partial charge in [0.2, 0.25) is 5.91 Å². The molecule has 3 aromatic rings. The number of benzene rings is 2. The predicted octanol–water partition coefficient (Wildman–Crippen LogP) is 1.36. The highest BCUT2D eigenvalue weighted by molar-refractivity contribution is 5.88. The van der Waals surface area contributed by atoms with Crippen LogP contribution in [0.4, 0.5) is 0 Å². The molecule has 1 aromatic heterocycles. The standard InChI is InChI=1S/C19H18N4O4/c1-2-14(19(26)27)20-17(24)16(12-8-4-3-5-9-12)23-18(25)13-10-6-7-11-15(13)21-22-23/h3-11,14,16H,2H2,1H3,(H,20,24)(H,26,27). The van der Waals surface area contributed by atoms with Gasteiger partial charge in [-0.1, -0.05) is 54.6 Å². The zero-order valence-corrected chi connectivity index (χ0v) is 14.6. The minimum Gasteiger partial charge on any atom is -0.480 e. The van der Waals surface area contributed by atoms with Gasteiger partial charge < -0.3 is 10.4 Å². The van der Waals surface area contributed by atoms with E-state index in [1.807, 2.05) is 0 Å². The van der Waals surface area contributed by atoms with E-state index in [0.717, 1.165) is 4.68 Å². The summed E-state index contributed by atoms with van der Waals surface area (Å²) in [4.78, 5) is 37.1. The number of fused-ring (bicyclic) bond motifs is 1. The molecule has 8 heteroatoms. The molecule has 0 aliphatic carbocycles. The van der Waals surface area contributed by atoms with E-state index in [0.29, 0.717) is 16.5 Å². The van der Waals surface area contributed by atoms with E-state index in [1.165, 1.54) is 0 Å². The number of nitrogens with one attached hydrogen (secondary N) is 1. The molecule has 27 heavy (non-hydrogen) atoms. The Morgan fingerprint density at radius 2 is 1.78 bits per heavy atom. The van der Waals surface area contributed by atoms with E-state index in [2.05, 4.69) is 15.6 Å². The van der Waals surface area contributed by atoms with Crippen molar-refractivity contribution in [3.63, 3.8) is 0 Å². The van der Waals surface area contributed by atoms with Crippen molar-refractivity contribution < 1.29 is 14.7 Å². The van der Waals surface area contributed by atoms with Gasteiger partial charge in [-0.25, -0.2) is 4.79 Å². The molecule has 0 bridgehead atoms. The lowest BCUT2D eigenvalue weighted by Crippen LogP contribution is -2.46. The molecule has 1 amide bonds. The Hall–Kier alpha value is -3.55. The third-order valence-electron chi connectivity index (χ3n) is 4.22. The van der Waals surface area contributed by atoms with Crippen LogP contribution in [-0.4, -0.2) is 38.0 Å². The van der Waals surface area contributed by atoms with E-state index in [-0.39, 0.29) is 6.42 Å². The Labute approximate surface area is 154 Å². The van der Waals surface area contributed by atoms with Gasteiger partial charge >= 0.3 is 5.97 Å². The van der Waals surface area contributed by atoms with Crippen LogP contribution in [0.2, 0.25) is 0 Å². The maximum Gasteiger partial charge on any atom is 0.326 e. The predicted molar refractivity (Wildman–Crippen MR) is 98.2 cm³/mol. The number of carboxylic acid groups (broad SMARTS) is 1. The first-order chi connectivity index (χ1) is 13.0. The fraction of sp³-hybridized carbons (Fsp3) is 0.211. The second-order valence-electron chi connectivity index (χ2n) is 5.98. The molecule has 8 nitrogen and oxygen atoms in total. The average molecular weight is 366 g/mol. The molecule has 0 fully saturated rings. The van der Waals surface area contributed by atoms with Crippen molar-refractivity contribution in [2.24, 2.45) is 0 Å². The van der Waals surface area contributed by atoms with Crippen LogP contribution in [0.1, 0.15) is 24.9 Å². The SMILES string of the molecule is CCC(NC(=O)C(c1ccccc1)n1nnc2ccccc2c1=O)C(=O)O. The van der Waals surface area contributed by atoms with Crippen molar-refractivity contribution in [3.8, 4) is 0 Å². The maximum absolute atomic E-state index is 12.9. The highest BCUT2D eigenvalue weighted by Gasteiger charge is 2.29. The third-order valence-corrected chi connectivity index (χ3v) is 4.22. The lowest BCUT2D eigenvalue weighted by atomic mass is 10.1. The van der Waals surface area contributed by atoms with Gasteiger partial charge in [0.05, 0.1) is 5.39 Å². The van der Waals surface area contributed by atoms with Gasteiger partial charge in [-0.3, -0.25) is 9.59 Å². The summed E-state index contributed by atoms with van der Waals surface area (Å²) < 4.78 is 0.988. The molecule has 0 saturated heterocycles. The van der Waals surface area contributed by atoms with Crippen LogP contribution in [0, 0.1) is 0 Å². The minimum atomic E-state index is -1.14. The van der Waals surface area contributed by atoms with E-state index >= 15 is 0 Å². The van der Waals surface area contributed by atoms with Crippen LogP contribution in [0.25, 0.3) is 10.9 Å². The Morgan fingerprint density at radius 3 is 2.44 bits per heavy atom. The number of hydrogen-bond donors (Lipinski definition) is 2. The number of aromatic nitrogens is 3. The van der Waals surface area contributed by atoms with E-state index in [1.54, 1.807) is 61.5 Å². The van der Waals surface area contributed by atoms with E-state index in [9.17, 15) is 19.5 Å². The molecule has 2 aromatic carbocycles. The van der Waals surface area contributed by atoms with Crippen LogP contribution in [0.5, 0.6) is 0 Å². The molecule has 0 aliphatic heterocycles. The van der Waals surface area contributed by atoms with Crippen LogP contribution < -0.4 is 10.9 Å². The van der Waals surface area contributed by atoms with Crippen molar-refractivity contribution in [2.75, 3.05) is 0 Å². The summed E-state index contributed by atoms with van der Waals surface area (Å²) in [5.41, 5.74) is 0.442. The van der Waals surface area contributed by atoms with Crippen molar-refractivity contribution in [3.05, 3.63) is 70.5 Å². The number of rotatable bonds is 6. The second kappa shape index (κ2) is 7.77. The van der Waals surface area contributed by atoms with Crippen LogP contribution in [-0.2, 0) is 9.59 Å². The largest absolute Gasteiger partial charge is 0.480 e. The summed E-state index contributed by atoms with van der Waals surface area (Å²) in [5, 5.41) is 20.0. The zero-order valence-electron chi connectivity index (χ0n) is 14.6. The summed E-state index contributed by atoms with van der Waals surface area (Å²) in [5.74, 6) is -1.78. The molecule has 0 aliphatic rings. The van der Waals surface area contributed by atoms with Gasteiger partial charge in [-0.15, -0.1) is 5.10 Å². The fourth-order valence-corrected chi connectivity index (χ4v) is 2.80. The van der Waals surface area contributed by atoms with Crippen molar-refractivity contribution in [1.29, 1.82) is 0 Å². The lowest BCUT2D eigenvalue weighted by molar-refractivity contribution is -0.142. The molecule has 3 rings (SSSR count). The highest BCUT2D eigenvalue weighted by atomic mass is 16.4. The topological polar surface area (TPSA) is 114 Å². The Kier molecular flexibility index (Phi) is 5.25. The molecule has 2 atom stereocenters. The van der Waals surface area contributed by atoms with Crippen LogP contribution in [0.15, 0.2) is 59.4 Å². The number of hydrogen-bond acceptors (Lipinski definition) is 5. The van der Waals surface area contributed by atoms with Crippen LogP contribution in [0.3, 0.4) is 0 Å². The summed E-state index contributed by atoms with van der Waals surface area (Å²) in [7, 11) is 0. The zero-order chi connectivity index (χ0) is 19.4. The molecule has 0 spiro atoms. The molecule has 0 radical (unpaired) electrons. The summed E-state index contributed by atoms with van der Waals surface area (Å²) in [6.07, 6.45) is 0.209. The number of aliphatic carboxylic acids is 1. The normalized spacial score (nSPS) is 13.1. The number of nitrogens with zero attached hydrogens (tertiary/aromatic N) is 3. The third kappa shape index (κ3) is 3.69. The van der Waals surface area contributed by atoms with Crippen molar-refractivity contribution >= 4 is 22.8 Å². The van der Waals surface area contributed by atoms with Gasteiger partial charge in [0.15, 0.2) is 6.04 Å². The molecular weight excluding hydrogens is 348 g/mol. The van der Waals surface area contributed by atoms with Gasteiger partial charge in [0.25, 0.3) is 5.56 Å². The van der Waals surface area contributed by atoms with Gasteiger partial charge in [-0.2, -0.15) is 4.68 Å². The summed E-state index contributed by atoms with van der Waals surface area (Å²) >= 11 is 0. The number of carboxylic acids is 1. The minimum absolute atomic E-state index is 0.209. The Bertz CT molecular complexity index is 1030. The van der Waals surface area contributed by atoms with Gasteiger partial charge in [-0.05, 0) is 24.1 Å². The first-order valence-corrected chi connectivity index (χ1v) is 8.45. The summed E-state index contributed by atoms with van der Waals surface area (Å²) in [6, 6.07) is 13.1. The number of carbonyl (C=O) groups excluding carboxylic acids is 1. The van der Waals surface area contributed by atoms with Gasteiger partial charge in [0, 0.05) is 0 Å². The molecule has 0 saturated carbocycles. The number of amides is 1. The first kappa shape index (κ1) is 18.2. The van der Waals surface area contributed by atoms with Gasteiger partial charge in [0.1, 0.15) is 11.6 Å². The quantitative estimate of drug-likeness (QED) is 0.681. The average Bonchev–Trinajstić information content (AvgIpc) is 2.69. The first-order valence-electron chi connectivity index (χ1n) is 8.45. The molecule has 2 N–H and O–H groups in total. The van der Waals surface area contributed by atoms with E-state index in [4.69, 9.17) is 0 Å².